The van der Waals surface area contributed by atoms with Crippen molar-refractivity contribution < 1.29 is 18.7 Å². The number of nitrogens with zero attached hydrogens (tertiary/aromatic N) is 2. The van der Waals surface area contributed by atoms with Crippen LogP contribution in [-0.4, -0.2) is 34.5 Å². The fraction of sp³-hybridized carbons (Fsp3) is 0.300. The highest BCUT2D eigenvalue weighted by Crippen LogP contribution is 2.19. The van der Waals surface area contributed by atoms with Gasteiger partial charge in [-0.2, -0.15) is 8.78 Å². The predicted molar refractivity (Wildman–Crippen MR) is 65.1 cm³/mol. The molecule has 0 radical (unpaired) electrons. The molecule has 0 fully saturated rings. The number of hydroxylamine groups is 1. The number of alkyl halides is 2. The lowest BCUT2D eigenvalue weighted by Crippen LogP contribution is -2.29. The van der Waals surface area contributed by atoms with Gasteiger partial charge in [0.2, 0.25) is 5.17 Å². The highest BCUT2D eigenvalue weighted by atomic mass is 32.2. The number of rotatable bonds is 4. The summed E-state index contributed by atoms with van der Waals surface area (Å²) in [5, 5.41) is 10.9. The zero-order valence-corrected chi connectivity index (χ0v) is 10.0. The van der Waals surface area contributed by atoms with E-state index in [0.29, 0.717) is 17.4 Å². The second-order valence-electron chi connectivity index (χ2n) is 3.34. The average molecular weight is 275 g/mol. The van der Waals surface area contributed by atoms with Crippen LogP contribution in [0.3, 0.4) is 0 Å². The Morgan fingerprint density at radius 2 is 2.11 bits per heavy atom. The minimum Gasteiger partial charge on any atom is -0.435 e. The summed E-state index contributed by atoms with van der Waals surface area (Å²) in [6.07, 6.45) is 0. The summed E-state index contributed by atoms with van der Waals surface area (Å²) in [5.74, 6) is 0.891. The van der Waals surface area contributed by atoms with Gasteiger partial charge in [0, 0.05) is 5.75 Å². The standard InChI is InChI=1S/C10H11F2N3O2S/c11-9(12)17-8-3-1-7(2-4-8)14-15(16)10-13-5-6-18-10/h1-4,9,14,16H,5-6H2. The van der Waals surface area contributed by atoms with Crippen molar-refractivity contribution in [2.24, 2.45) is 4.99 Å². The third-order valence-electron chi connectivity index (χ3n) is 2.07. The molecule has 1 aromatic rings. The van der Waals surface area contributed by atoms with Gasteiger partial charge in [-0.1, -0.05) is 11.8 Å². The van der Waals surface area contributed by atoms with Crippen molar-refractivity contribution in [1.82, 2.24) is 5.17 Å². The Labute approximate surface area is 106 Å². The number of thioether (sulfide) groups is 1. The van der Waals surface area contributed by atoms with Gasteiger partial charge in [0.05, 0.1) is 12.2 Å². The number of benzene rings is 1. The number of ether oxygens (including phenoxy) is 1. The molecule has 0 bridgehead atoms. The fourth-order valence-corrected chi connectivity index (χ4v) is 2.05. The highest BCUT2D eigenvalue weighted by molar-refractivity contribution is 8.14. The summed E-state index contributed by atoms with van der Waals surface area (Å²) < 4.78 is 28.1. The topological polar surface area (TPSA) is 57.1 Å². The fourth-order valence-electron chi connectivity index (χ4n) is 1.33. The lowest BCUT2D eigenvalue weighted by atomic mass is 10.3. The van der Waals surface area contributed by atoms with Crippen molar-refractivity contribution >= 4 is 22.6 Å². The SMILES string of the molecule is ON(Nc1ccc(OC(F)F)cc1)C1=NCCS1. The Morgan fingerprint density at radius 1 is 1.39 bits per heavy atom. The second-order valence-corrected chi connectivity index (χ2v) is 4.40. The van der Waals surface area contributed by atoms with Crippen molar-refractivity contribution in [3.05, 3.63) is 24.3 Å². The Bertz CT molecular complexity index is 428. The molecule has 1 aliphatic heterocycles. The number of nitrogens with one attached hydrogen (secondary N) is 1. The Morgan fingerprint density at radius 3 is 2.67 bits per heavy atom. The van der Waals surface area contributed by atoms with Crippen LogP contribution in [0.1, 0.15) is 0 Å². The Kier molecular flexibility index (Phi) is 4.21. The van der Waals surface area contributed by atoms with Crippen LogP contribution in [0.2, 0.25) is 0 Å². The minimum absolute atomic E-state index is 0.0626. The minimum atomic E-state index is -2.85. The van der Waals surface area contributed by atoms with E-state index in [1.807, 2.05) is 0 Å². The van der Waals surface area contributed by atoms with Gasteiger partial charge in [0.25, 0.3) is 0 Å². The molecule has 8 heteroatoms. The molecule has 0 spiro atoms. The van der Waals surface area contributed by atoms with Crippen molar-refractivity contribution in [1.29, 1.82) is 0 Å². The summed E-state index contributed by atoms with van der Waals surface area (Å²) in [4.78, 5) is 4.06. The average Bonchev–Trinajstić information content (AvgIpc) is 2.84. The maximum atomic E-state index is 11.9. The third kappa shape index (κ3) is 3.47. The summed E-state index contributed by atoms with van der Waals surface area (Å²) in [6.45, 7) is -2.18. The van der Waals surface area contributed by atoms with E-state index < -0.39 is 6.61 Å². The van der Waals surface area contributed by atoms with E-state index in [-0.39, 0.29) is 5.75 Å². The summed E-state index contributed by atoms with van der Waals surface area (Å²) in [6, 6.07) is 5.79. The van der Waals surface area contributed by atoms with Gasteiger partial charge in [-0.25, -0.2) is 0 Å². The van der Waals surface area contributed by atoms with Crippen LogP contribution < -0.4 is 10.2 Å². The molecule has 0 aromatic heterocycles. The molecule has 18 heavy (non-hydrogen) atoms. The van der Waals surface area contributed by atoms with Crippen LogP contribution in [0.15, 0.2) is 29.3 Å². The highest BCUT2D eigenvalue weighted by Gasteiger charge is 2.14. The summed E-state index contributed by atoms with van der Waals surface area (Å²) in [5.41, 5.74) is 3.19. The zero-order chi connectivity index (χ0) is 13.0. The molecule has 0 saturated heterocycles. The van der Waals surface area contributed by atoms with Gasteiger partial charge in [-0.05, 0) is 24.3 Å². The molecule has 98 valence electrons. The normalized spacial score (nSPS) is 14.6. The summed E-state index contributed by atoms with van der Waals surface area (Å²) in [7, 11) is 0. The van der Waals surface area contributed by atoms with E-state index in [4.69, 9.17) is 0 Å². The molecule has 0 amide bonds. The van der Waals surface area contributed by atoms with Crippen molar-refractivity contribution in [2.45, 2.75) is 6.61 Å². The van der Waals surface area contributed by atoms with Gasteiger partial charge in [-0.15, -0.1) is 5.17 Å². The number of aliphatic imine (C=N–C) groups is 1. The molecule has 2 N–H and O–H groups in total. The zero-order valence-electron chi connectivity index (χ0n) is 9.22. The molecule has 0 unspecified atom stereocenters. The first-order valence-electron chi connectivity index (χ1n) is 5.13. The lowest BCUT2D eigenvalue weighted by Gasteiger charge is -2.17. The third-order valence-corrected chi connectivity index (χ3v) is 3.01. The molecule has 1 heterocycles. The Balaban J connectivity index is 1.93. The predicted octanol–water partition coefficient (Wildman–Crippen LogP) is 2.41. The Hall–Kier alpha value is -1.54. The number of amidine groups is 1. The van der Waals surface area contributed by atoms with Crippen molar-refractivity contribution in [2.75, 3.05) is 17.7 Å². The van der Waals surface area contributed by atoms with Crippen LogP contribution in [0.5, 0.6) is 5.75 Å². The quantitative estimate of drug-likeness (QED) is 0.826. The number of hydrogen-bond donors (Lipinski definition) is 2. The summed E-state index contributed by atoms with van der Waals surface area (Å²) >= 11 is 1.42. The molecule has 1 aromatic carbocycles. The van der Waals surface area contributed by atoms with Crippen molar-refractivity contribution in [3.8, 4) is 5.75 Å². The first kappa shape index (κ1) is 12.9. The molecule has 0 saturated carbocycles. The van der Waals surface area contributed by atoms with E-state index in [0.717, 1.165) is 10.9 Å². The van der Waals surface area contributed by atoms with E-state index in [2.05, 4.69) is 15.2 Å². The molecule has 2 rings (SSSR count). The van der Waals surface area contributed by atoms with Gasteiger partial charge >= 0.3 is 6.61 Å². The van der Waals surface area contributed by atoms with Crippen LogP contribution in [-0.2, 0) is 0 Å². The van der Waals surface area contributed by atoms with E-state index >= 15 is 0 Å². The van der Waals surface area contributed by atoms with E-state index in [1.165, 1.54) is 36.0 Å². The van der Waals surface area contributed by atoms with Gasteiger partial charge in [0.1, 0.15) is 5.75 Å². The molecule has 0 aliphatic carbocycles. The first-order chi connectivity index (χ1) is 8.65. The van der Waals surface area contributed by atoms with Crippen molar-refractivity contribution in [3.63, 3.8) is 0 Å². The van der Waals surface area contributed by atoms with Crippen LogP contribution in [0.4, 0.5) is 14.5 Å². The van der Waals surface area contributed by atoms with E-state index in [9.17, 15) is 14.0 Å². The molecular formula is C10H11F2N3O2S. The molecular weight excluding hydrogens is 264 g/mol. The maximum absolute atomic E-state index is 11.9. The van der Waals surface area contributed by atoms with E-state index in [1.54, 1.807) is 0 Å². The maximum Gasteiger partial charge on any atom is 0.387 e. The van der Waals surface area contributed by atoms with Crippen LogP contribution in [0.25, 0.3) is 0 Å². The number of halogens is 2. The first-order valence-corrected chi connectivity index (χ1v) is 6.11. The molecule has 5 nitrogen and oxygen atoms in total. The smallest absolute Gasteiger partial charge is 0.387 e. The number of hydrazine groups is 1. The number of hydrogen-bond acceptors (Lipinski definition) is 6. The second kappa shape index (κ2) is 5.87. The van der Waals surface area contributed by atoms with Crippen LogP contribution in [0, 0.1) is 0 Å². The van der Waals surface area contributed by atoms with Crippen LogP contribution >= 0.6 is 11.8 Å². The number of anilines is 1. The van der Waals surface area contributed by atoms with Gasteiger partial charge < -0.3 is 4.74 Å². The lowest BCUT2D eigenvalue weighted by molar-refractivity contribution is -0.0498. The largest absolute Gasteiger partial charge is 0.435 e. The monoisotopic (exact) mass is 275 g/mol. The molecule has 0 atom stereocenters. The van der Waals surface area contributed by atoms with Gasteiger partial charge in [-0.3, -0.25) is 15.6 Å². The van der Waals surface area contributed by atoms with Gasteiger partial charge in [0.15, 0.2) is 0 Å². The molecule has 1 aliphatic rings.